The number of rotatable bonds is 6. The Balaban J connectivity index is 1.53. The number of piperazine rings is 1. The lowest BCUT2D eigenvalue weighted by Crippen LogP contribution is -2.56. The van der Waals surface area contributed by atoms with Crippen LogP contribution < -0.4 is 14.4 Å². The van der Waals surface area contributed by atoms with Crippen molar-refractivity contribution in [3.8, 4) is 11.5 Å². The lowest BCUT2D eigenvalue weighted by Gasteiger charge is -2.38. The zero-order valence-corrected chi connectivity index (χ0v) is 19.4. The molecule has 4 rings (SSSR count). The molecule has 8 nitrogen and oxygen atoms in total. The summed E-state index contributed by atoms with van der Waals surface area (Å²) in [5, 5.41) is 0.414. The smallest absolute Gasteiger partial charge is 0.265 e. The van der Waals surface area contributed by atoms with Gasteiger partial charge in [-0.1, -0.05) is 23.7 Å². The monoisotopic (exact) mass is 471 g/mol. The third-order valence-corrected chi connectivity index (χ3v) is 6.23. The lowest BCUT2D eigenvalue weighted by molar-refractivity contribution is -0.136. The van der Waals surface area contributed by atoms with Crippen molar-refractivity contribution >= 4 is 34.9 Å². The summed E-state index contributed by atoms with van der Waals surface area (Å²) in [5.74, 6) is 0.138. The summed E-state index contributed by atoms with van der Waals surface area (Å²) in [5.41, 5.74) is 0.758. The molecule has 0 N–H and O–H groups in total. The molecule has 0 saturated carbocycles. The van der Waals surface area contributed by atoms with Crippen molar-refractivity contribution in [1.29, 1.82) is 0 Å². The van der Waals surface area contributed by atoms with E-state index < -0.39 is 6.04 Å². The van der Waals surface area contributed by atoms with Crippen LogP contribution in [-0.4, -0.2) is 79.9 Å². The fourth-order valence-electron chi connectivity index (χ4n) is 3.96. The molecule has 9 heteroatoms. The van der Waals surface area contributed by atoms with Gasteiger partial charge in [0.25, 0.3) is 5.91 Å². The molecule has 0 unspecified atom stereocenters. The standard InChI is InChI=1S/C24H26ClN3O5/c1-16(24(31)27-11-9-26(2)10-12-27)28-19-13-17(7-8-22(19)33-15-23(28)30)20(29)14-32-21-6-4-3-5-18(21)25/h3-8,13,16H,9-12,14-15H2,1-2H3/t16-/m0/s1. The minimum Gasteiger partial charge on any atom is -0.484 e. The molecule has 0 aliphatic carbocycles. The molecule has 0 bridgehead atoms. The van der Waals surface area contributed by atoms with Gasteiger partial charge in [0.15, 0.2) is 19.0 Å². The van der Waals surface area contributed by atoms with Gasteiger partial charge in [0, 0.05) is 31.7 Å². The molecule has 33 heavy (non-hydrogen) atoms. The Bertz CT molecular complexity index is 1070. The number of hydrogen-bond acceptors (Lipinski definition) is 6. The van der Waals surface area contributed by atoms with Crippen LogP contribution in [-0.2, 0) is 9.59 Å². The number of nitrogens with zero attached hydrogens (tertiary/aromatic N) is 3. The number of Topliss-reactive ketones (excluding diaryl/α,β-unsaturated/α-hetero) is 1. The number of ketones is 1. The molecule has 2 heterocycles. The third kappa shape index (κ3) is 4.96. The fraction of sp³-hybridized carbons (Fsp3) is 0.375. The van der Waals surface area contributed by atoms with Crippen molar-refractivity contribution in [3.05, 3.63) is 53.1 Å². The Morgan fingerprint density at radius 2 is 1.85 bits per heavy atom. The van der Waals surface area contributed by atoms with Crippen molar-refractivity contribution in [2.45, 2.75) is 13.0 Å². The number of anilines is 1. The largest absolute Gasteiger partial charge is 0.484 e. The molecule has 174 valence electrons. The summed E-state index contributed by atoms with van der Waals surface area (Å²) in [6.45, 7) is 4.14. The zero-order chi connectivity index (χ0) is 23.5. The predicted molar refractivity (Wildman–Crippen MR) is 124 cm³/mol. The molecular weight excluding hydrogens is 446 g/mol. The molecule has 2 amide bonds. The Kier molecular flexibility index (Phi) is 6.85. The van der Waals surface area contributed by atoms with Crippen LogP contribution >= 0.6 is 11.6 Å². The van der Waals surface area contributed by atoms with Gasteiger partial charge in [-0.25, -0.2) is 0 Å². The van der Waals surface area contributed by atoms with E-state index in [9.17, 15) is 14.4 Å². The number of carbonyl (C=O) groups excluding carboxylic acids is 3. The van der Waals surface area contributed by atoms with Gasteiger partial charge in [0.05, 0.1) is 10.7 Å². The second-order valence-electron chi connectivity index (χ2n) is 8.18. The minimum atomic E-state index is -0.715. The first-order chi connectivity index (χ1) is 15.8. The highest BCUT2D eigenvalue weighted by atomic mass is 35.5. The predicted octanol–water partition coefficient (Wildman–Crippen LogP) is 2.49. The summed E-state index contributed by atoms with van der Waals surface area (Å²) in [6, 6.07) is 11.0. The number of halogens is 1. The highest BCUT2D eigenvalue weighted by molar-refractivity contribution is 6.32. The van der Waals surface area contributed by atoms with Crippen molar-refractivity contribution in [1.82, 2.24) is 9.80 Å². The van der Waals surface area contributed by atoms with Crippen LogP contribution in [0.2, 0.25) is 5.02 Å². The van der Waals surface area contributed by atoms with Gasteiger partial charge >= 0.3 is 0 Å². The SMILES string of the molecule is C[C@@H](C(=O)N1CCN(C)CC1)N1C(=O)COc2ccc(C(=O)COc3ccccc3Cl)cc21. The summed E-state index contributed by atoms with van der Waals surface area (Å²) in [6.07, 6.45) is 0. The molecule has 0 radical (unpaired) electrons. The van der Waals surface area contributed by atoms with Crippen LogP contribution in [0.1, 0.15) is 17.3 Å². The van der Waals surface area contributed by atoms with Crippen molar-refractivity contribution < 1.29 is 23.9 Å². The average Bonchev–Trinajstić information content (AvgIpc) is 2.82. The summed E-state index contributed by atoms with van der Waals surface area (Å²) >= 11 is 6.08. The van der Waals surface area contributed by atoms with Crippen LogP contribution in [0.25, 0.3) is 0 Å². The highest BCUT2D eigenvalue weighted by Crippen LogP contribution is 2.35. The van der Waals surface area contributed by atoms with E-state index in [1.54, 1.807) is 54.3 Å². The van der Waals surface area contributed by atoms with E-state index in [4.69, 9.17) is 21.1 Å². The number of hydrogen-bond donors (Lipinski definition) is 0. The van der Waals surface area contributed by atoms with Crippen LogP contribution in [0.4, 0.5) is 5.69 Å². The molecule has 1 atom stereocenters. The molecule has 1 fully saturated rings. The third-order valence-electron chi connectivity index (χ3n) is 5.92. The second kappa shape index (κ2) is 9.80. The van der Waals surface area contributed by atoms with Gasteiger partial charge < -0.3 is 19.3 Å². The zero-order valence-electron chi connectivity index (χ0n) is 18.6. The van der Waals surface area contributed by atoms with Crippen LogP contribution in [0.3, 0.4) is 0 Å². The maximum Gasteiger partial charge on any atom is 0.265 e. The van der Waals surface area contributed by atoms with E-state index >= 15 is 0 Å². The van der Waals surface area contributed by atoms with Gasteiger partial charge in [0.2, 0.25) is 5.91 Å². The maximum atomic E-state index is 13.1. The molecule has 2 aromatic carbocycles. The number of benzene rings is 2. The molecule has 2 aliphatic rings. The molecule has 0 spiro atoms. The van der Waals surface area contributed by atoms with Crippen molar-refractivity contribution in [2.75, 3.05) is 51.3 Å². The number of amides is 2. The average molecular weight is 472 g/mol. The quantitative estimate of drug-likeness (QED) is 0.602. The van der Waals surface area contributed by atoms with Gasteiger partial charge in [0.1, 0.15) is 17.5 Å². The van der Waals surface area contributed by atoms with E-state index in [1.807, 2.05) is 7.05 Å². The molecule has 0 aromatic heterocycles. The first-order valence-corrected chi connectivity index (χ1v) is 11.2. The van der Waals surface area contributed by atoms with Crippen molar-refractivity contribution in [2.24, 2.45) is 0 Å². The summed E-state index contributed by atoms with van der Waals surface area (Å²) in [7, 11) is 2.01. The maximum absolute atomic E-state index is 13.1. The van der Waals surface area contributed by atoms with Crippen LogP contribution in [0.5, 0.6) is 11.5 Å². The second-order valence-corrected chi connectivity index (χ2v) is 8.59. The molecule has 1 saturated heterocycles. The normalized spacial score (nSPS) is 17.2. The number of fused-ring (bicyclic) bond motifs is 1. The van der Waals surface area contributed by atoms with Gasteiger partial charge in [-0.2, -0.15) is 0 Å². The van der Waals surface area contributed by atoms with E-state index in [0.29, 0.717) is 40.9 Å². The fourth-order valence-corrected chi connectivity index (χ4v) is 4.15. The van der Waals surface area contributed by atoms with E-state index in [0.717, 1.165) is 13.1 Å². The number of carbonyl (C=O) groups is 3. The molecular formula is C24H26ClN3O5. The Labute approximate surface area is 197 Å². The van der Waals surface area contributed by atoms with Gasteiger partial charge in [-0.3, -0.25) is 19.3 Å². The first-order valence-electron chi connectivity index (χ1n) is 10.8. The van der Waals surface area contributed by atoms with E-state index in [1.165, 1.54) is 4.90 Å². The van der Waals surface area contributed by atoms with Crippen LogP contribution in [0.15, 0.2) is 42.5 Å². The molecule has 2 aromatic rings. The summed E-state index contributed by atoms with van der Waals surface area (Å²) in [4.78, 5) is 44.1. The first kappa shape index (κ1) is 23.1. The molecule has 2 aliphatic heterocycles. The number of para-hydroxylation sites is 1. The Morgan fingerprint density at radius 1 is 1.12 bits per heavy atom. The lowest BCUT2D eigenvalue weighted by atomic mass is 10.1. The number of ether oxygens (including phenoxy) is 2. The summed E-state index contributed by atoms with van der Waals surface area (Å²) < 4.78 is 11.1. The highest BCUT2D eigenvalue weighted by Gasteiger charge is 2.36. The van der Waals surface area contributed by atoms with Crippen molar-refractivity contribution in [3.63, 3.8) is 0 Å². The van der Waals surface area contributed by atoms with Crippen LogP contribution in [0, 0.1) is 0 Å². The minimum absolute atomic E-state index is 0.122. The topological polar surface area (TPSA) is 79.4 Å². The number of likely N-dealkylation sites (N-methyl/N-ethyl adjacent to an activating group) is 1. The Morgan fingerprint density at radius 3 is 2.58 bits per heavy atom. The van der Waals surface area contributed by atoms with Gasteiger partial charge in [-0.05, 0) is 44.3 Å². The Hall–Kier alpha value is -3.10. The van der Waals surface area contributed by atoms with E-state index in [-0.39, 0.29) is 30.8 Å². The van der Waals surface area contributed by atoms with Gasteiger partial charge in [-0.15, -0.1) is 0 Å². The van der Waals surface area contributed by atoms with E-state index in [2.05, 4.69) is 4.90 Å².